The van der Waals surface area contributed by atoms with Gasteiger partial charge in [0.15, 0.2) is 0 Å². The number of benzene rings is 1. The fourth-order valence-electron chi connectivity index (χ4n) is 4.22. The summed E-state index contributed by atoms with van der Waals surface area (Å²) in [5, 5.41) is 0.835. The van der Waals surface area contributed by atoms with Crippen LogP contribution in [0.5, 0.6) is 5.75 Å². The van der Waals surface area contributed by atoms with E-state index in [1.165, 1.54) is 51.0 Å². The molecule has 0 amide bonds. The van der Waals surface area contributed by atoms with E-state index in [-0.39, 0.29) is 5.97 Å². The highest BCUT2D eigenvalue weighted by molar-refractivity contribution is 5.82. The van der Waals surface area contributed by atoms with E-state index >= 15 is 0 Å². The first-order valence-corrected chi connectivity index (χ1v) is 11.8. The summed E-state index contributed by atoms with van der Waals surface area (Å²) in [6.45, 7) is 6.09. The average Bonchev–Trinajstić information content (AvgIpc) is 2.73. The lowest BCUT2D eigenvalue weighted by molar-refractivity contribution is -0.161. The van der Waals surface area contributed by atoms with E-state index in [4.69, 9.17) is 13.9 Å². The standard InChI is InChI=1S/C26H36O5/c1-4-5-6-7-8-9-10-11-12-13-23(27)29-22-18-20-21(31-26(22,2)3)16-14-19-15-17-24(28)30-25(19)20/h14-17,22H,4-13,18H2,1-3H3. The Bertz CT molecular complexity index is 927. The van der Waals surface area contributed by atoms with E-state index in [2.05, 4.69) is 6.92 Å². The van der Waals surface area contributed by atoms with Gasteiger partial charge in [-0.15, -0.1) is 0 Å². The summed E-state index contributed by atoms with van der Waals surface area (Å²) in [5.74, 6) is 0.493. The van der Waals surface area contributed by atoms with Crippen LogP contribution < -0.4 is 10.4 Å². The number of hydrogen-bond donors (Lipinski definition) is 0. The van der Waals surface area contributed by atoms with E-state index in [0.717, 1.165) is 23.8 Å². The van der Waals surface area contributed by atoms with Crippen LogP contribution in [0.1, 0.15) is 90.5 Å². The van der Waals surface area contributed by atoms with Crippen molar-refractivity contribution in [2.75, 3.05) is 0 Å². The Kier molecular flexibility index (Phi) is 8.16. The van der Waals surface area contributed by atoms with Gasteiger partial charge < -0.3 is 13.9 Å². The normalized spacial score (nSPS) is 17.2. The van der Waals surface area contributed by atoms with Crippen molar-refractivity contribution in [3.8, 4) is 5.75 Å². The molecule has 2 aromatic rings. The van der Waals surface area contributed by atoms with Gasteiger partial charge in [-0.3, -0.25) is 4.79 Å². The number of hydrogen-bond acceptors (Lipinski definition) is 5. The van der Waals surface area contributed by atoms with Crippen LogP contribution in [0.2, 0.25) is 0 Å². The van der Waals surface area contributed by atoms with Gasteiger partial charge in [0.2, 0.25) is 0 Å². The molecule has 0 saturated heterocycles. The Hall–Kier alpha value is -2.30. The highest BCUT2D eigenvalue weighted by atomic mass is 16.6. The van der Waals surface area contributed by atoms with Crippen LogP contribution in [0.25, 0.3) is 11.0 Å². The molecule has 31 heavy (non-hydrogen) atoms. The molecule has 0 saturated carbocycles. The third-order valence-corrected chi connectivity index (χ3v) is 6.15. The largest absolute Gasteiger partial charge is 0.484 e. The van der Waals surface area contributed by atoms with E-state index in [9.17, 15) is 9.59 Å². The lowest BCUT2D eigenvalue weighted by Crippen LogP contribution is -2.48. The van der Waals surface area contributed by atoms with Gasteiger partial charge in [0.05, 0.1) is 0 Å². The van der Waals surface area contributed by atoms with Crippen LogP contribution in [0, 0.1) is 0 Å². The lowest BCUT2D eigenvalue weighted by atomic mass is 9.90. The van der Waals surface area contributed by atoms with Gasteiger partial charge in [-0.25, -0.2) is 4.79 Å². The summed E-state index contributed by atoms with van der Waals surface area (Å²) in [6.07, 6.45) is 11.4. The molecule has 5 nitrogen and oxygen atoms in total. The minimum absolute atomic E-state index is 0.185. The minimum atomic E-state index is -0.649. The van der Waals surface area contributed by atoms with Crippen molar-refractivity contribution in [3.05, 3.63) is 40.2 Å². The van der Waals surface area contributed by atoms with Gasteiger partial charge >= 0.3 is 11.6 Å². The summed E-state index contributed by atoms with van der Waals surface area (Å²) >= 11 is 0. The molecule has 1 aromatic heterocycles. The summed E-state index contributed by atoms with van der Waals surface area (Å²) in [4.78, 5) is 24.2. The molecule has 1 atom stereocenters. The molecular formula is C26H36O5. The molecule has 1 aromatic carbocycles. The maximum absolute atomic E-state index is 12.5. The van der Waals surface area contributed by atoms with Crippen molar-refractivity contribution in [1.29, 1.82) is 0 Å². The fraction of sp³-hybridized carbons (Fsp3) is 0.615. The van der Waals surface area contributed by atoms with Gasteiger partial charge in [0.25, 0.3) is 0 Å². The molecule has 3 rings (SSSR count). The molecule has 0 bridgehead atoms. The highest BCUT2D eigenvalue weighted by Gasteiger charge is 2.40. The monoisotopic (exact) mass is 428 g/mol. The molecule has 170 valence electrons. The third-order valence-electron chi connectivity index (χ3n) is 6.15. The third kappa shape index (κ3) is 6.34. The molecule has 1 aliphatic rings. The van der Waals surface area contributed by atoms with E-state index < -0.39 is 17.3 Å². The zero-order valence-corrected chi connectivity index (χ0v) is 19.2. The Morgan fingerprint density at radius 3 is 2.35 bits per heavy atom. The summed E-state index contributed by atoms with van der Waals surface area (Å²) in [6, 6.07) is 6.92. The van der Waals surface area contributed by atoms with Gasteiger partial charge in [-0.1, -0.05) is 58.3 Å². The minimum Gasteiger partial charge on any atom is -0.484 e. The van der Waals surface area contributed by atoms with Crippen molar-refractivity contribution in [2.24, 2.45) is 0 Å². The summed E-state index contributed by atoms with van der Waals surface area (Å²) in [7, 11) is 0. The lowest BCUT2D eigenvalue weighted by Gasteiger charge is -2.39. The van der Waals surface area contributed by atoms with Crippen LogP contribution in [-0.4, -0.2) is 17.7 Å². The number of carbonyl (C=O) groups is 1. The van der Waals surface area contributed by atoms with Crippen LogP contribution in [0.4, 0.5) is 0 Å². The number of fused-ring (bicyclic) bond motifs is 3. The van der Waals surface area contributed by atoms with Gasteiger partial charge in [0, 0.05) is 29.9 Å². The average molecular weight is 429 g/mol. The number of unbranched alkanes of at least 4 members (excludes halogenated alkanes) is 8. The van der Waals surface area contributed by atoms with E-state index in [0.29, 0.717) is 24.2 Å². The van der Waals surface area contributed by atoms with Crippen molar-refractivity contribution >= 4 is 16.9 Å². The smallest absolute Gasteiger partial charge is 0.336 e. The predicted octanol–water partition coefficient (Wildman–Crippen LogP) is 6.34. The number of esters is 1. The molecule has 0 fully saturated rings. The fourth-order valence-corrected chi connectivity index (χ4v) is 4.22. The first-order valence-electron chi connectivity index (χ1n) is 11.8. The topological polar surface area (TPSA) is 65.7 Å². The molecule has 0 N–H and O–H groups in total. The number of rotatable bonds is 11. The van der Waals surface area contributed by atoms with Crippen LogP contribution >= 0.6 is 0 Å². The molecule has 1 unspecified atom stereocenters. The maximum atomic E-state index is 12.5. The van der Waals surface area contributed by atoms with Crippen molar-refractivity contribution < 1.29 is 18.7 Å². The predicted molar refractivity (Wildman–Crippen MR) is 123 cm³/mol. The van der Waals surface area contributed by atoms with E-state index in [1.807, 2.05) is 26.0 Å². The van der Waals surface area contributed by atoms with Gasteiger partial charge in [-0.05, 0) is 38.5 Å². The van der Waals surface area contributed by atoms with Crippen molar-refractivity contribution in [3.63, 3.8) is 0 Å². The Balaban J connectivity index is 1.51. The highest BCUT2D eigenvalue weighted by Crippen LogP contribution is 2.38. The molecule has 0 radical (unpaired) electrons. The van der Waals surface area contributed by atoms with Crippen molar-refractivity contribution in [1.82, 2.24) is 0 Å². The quantitative estimate of drug-likeness (QED) is 0.237. The van der Waals surface area contributed by atoms with Gasteiger partial charge in [-0.2, -0.15) is 0 Å². The second-order valence-corrected chi connectivity index (χ2v) is 9.18. The van der Waals surface area contributed by atoms with Crippen molar-refractivity contribution in [2.45, 2.75) is 103 Å². The number of ether oxygens (including phenoxy) is 2. The van der Waals surface area contributed by atoms with E-state index in [1.54, 1.807) is 6.07 Å². The Labute approximate surface area is 185 Å². The zero-order valence-electron chi connectivity index (χ0n) is 19.2. The maximum Gasteiger partial charge on any atom is 0.336 e. The Morgan fingerprint density at radius 1 is 1.00 bits per heavy atom. The zero-order chi connectivity index (χ0) is 22.3. The Morgan fingerprint density at radius 2 is 1.65 bits per heavy atom. The van der Waals surface area contributed by atoms with Crippen LogP contribution in [-0.2, 0) is 16.0 Å². The second kappa shape index (κ2) is 10.8. The van der Waals surface area contributed by atoms with Crippen LogP contribution in [0.15, 0.2) is 33.5 Å². The summed E-state index contributed by atoms with van der Waals surface area (Å²) in [5.41, 5.74) is 0.254. The first-order chi connectivity index (χ1) is 14.9. The molecule has 5 heteroatoms. The van der Waals surface area contributed by atoms with Gasteiger partial charge in [0.1, 0.15) is 23.0 Å². The molecule has 0 aliphatic carbocycles. The first kappa shape index (κ1) is 23.4. The SMILES string of the molecule is CCCCCCCCCCCC(=O)OC1Cc2c(ccc3ccc(=O)oc23)OC1(C)C. The summed E-state index contributed by atoms with van der Waals surface area (Å²) < 4.78 is 17.4. The molecule has 0 spiro atoms. The second-order valence-electron chi connectivity index (χ2n) is 9.18. The molecule has 2 heterocycles. The molecule has 1 aliphatic heterocycles. The van der Waals surface area contributed by atoms with Crippen LogP contribution in [0.3, 0.4) is 0 Å². The molecular weight excluding hydrogens is 392 g/mol. The number of carbonyl (C=O) groups excluding carboxylic acids is 1.